The molecule has 2 aromatic heterocycles. The van der Waals surface area contributed by atoms with E-state index >= 15 is 0 Å². The van der Waals surface area contributed by atoms with Crippen LogP contribution in [0.5, 0.6) is 0 Å². The molecule has 0 saturated heterocycles. The lowest BCUT2D eigenvalue weighted by Crippen LogP contribution is -2.16. The zero-order chi connectivity index (χ0) is 13.8. The number of oxazole rings is 1. The summed E-state index contributed by atoms with van der Waals surface area (Å²) in [4.78, 5) is 16.9. The molecule has 4 heteroatoms. The first kappa shape index (κ1) is 12.0. The minimum Gasteiger partial charge on any atom is -0.423 e. The van der Waals surface area contributed by atoms with Gasteiger partial charge in [-0.1, -0.05) is 39.0 Å². The molecule has 98 valence electrons. The zero-order valence-electron chi connectivity index (χ0n) is 11.5. The highest BCUT2D eigenvalue weighted by Crippen LogP contribution is 2.28. The van der Waals surface area contributed by atoms with E-state index in [0.717, 1.165) is 10.9 Å². The molecular weight excluding hydrogens is 240 g/mol. The normalized spacial score (nSPS) is 12.4. The lowest BCUT2D eigenvalue weighted by Gasteiger charge is -2.11. The molecular formula is C15H16N2O2. The number of nitrogens with zero attached hydrogens (tertiary/aromatic N) is 2. The highest BCUT2D eigenvalue weighted by molar-refractivity contribution is 6.01. The molecule has 0 aliphatic rings. The molecule has 3 aromatic rings. The molecule has 0 aliphatic heterocycles. The van der Waals surface area contributed by atoms with E-state index in [1.165, 1.54) is 4.57 Å². The van der Waals surface area contributed by atoms with E-state index in [4.69, 9.17) is 4.42 Å². The molecule has 1 aromatic carbocycles. The summed E-state index contributed by atoms with van der Waals surface area (Å²) in [6, 6.07) is 7.50. The quantitative estimate of drug-likeness (QED) is 0.621. The van der Waals surface area contributed by atoms with Crippen LogP contribution in [-0.2, 0) is 12.5 Å². The smallest absolute Gasteiger partial charge is 0.261 e. The third kappa shape index (κ3) is 1.67. The monoisotopic (exact) mass is 256 g/mol. The van der Waals surface area contributed by atoms with Gasteiger partial charge in [0.25, 0.3) is 5.56 Å². The fourth-order valence-electron chi connectivity index (χ4n) is 2.18. The summed E-state index contributed by atoms with van der Waals surface area (Å²) >= 11 is 0. The van der Waals surface area contributed by atoms with E-state index < -0.39 is 0 Å². The topological polar surface area (TPSA) is 48.0 Å². The Bertz CT molecular complexity index is 835. The first-order chi connectivity index (χ1) is 8.89. The van der Waals surface area contributed by atoms with Gasteiger partial charge in [0.2, 0.25) is 11.6 Å². The maximum atomic E-state index is 12.3. The molecule has 0 N–H and O–H groups in total. The number of hydrogen-bond acceptors (Lipinski definition) is 3. The summed E-state index contributed by atoms with van der Waals surface area (Å²) in [5.41, 5.74) is 1.05. The van der Waals surface area contributed by atoms with E-state index in [1.807, 2.05) is 45.0 Å². The number of benzene rings is 1. The summed E-state index contributed by atoms with van der Waals surface area (Å²) < 4.78 is 7.33. The number of pyridine rings is 1. The van der Waals surface area contributed by atoms with Crippen molar-refractivity contribution in [2.45, 2.75) is 26.2 Å². The van der Waals surface area contributed by atoms with Crippen LogP contribution < -0.4 is 5.56 Å². The van der Waals surface area contributed by atoms with Crippen molar-refractivity contribution in [3.05, 3.63) is 40.5 Å². The van der Waals surface area contributed by atoms with Gasteiger partial charge in [-0.25, -0.2) is 4.98 Å². The van der Waals surface area contributed by atoms with Crippen molar-refractivity contribution >= 4 is 22.0 Å². The van der Waals surface area contributed by atoms with Gasteiger partial charge in [-0.15, -0.1) is 0 Å². The highest BCUT2D eigenvalue weighted by atomic mass is 16.4. The van der Waals surface area contributed by atoms with Gasteiger partial charge in [-0.05, 0) is 6.07 Å². The van der Waals surface area contributed by atoms with Crippen LogP contribution in [0, 0.1) is 0 Å². The van der Waals surface area contributed by atoms with Crippen LogP contribution in [0.25, 0.3) is 22.0 Å². The van der Waals surface area contributed by atoms with Crippen molar-refractivity contribution in [2.75, 3.05) is 0 Å². The van der Waals surface area contributed by atoms with Crippen LogP contribution in [0.4, 0.5) is 0 Å². The minimum atomic E-state index is -0.184. The molecule has 0 amide bonds. The molecule has 0 saturated carbocycles. The van der Waals surface area contributed by atoms with Gasteiger partial charge < -0.3 is 4.42 Å². The van der Waals surface area contributed by atoms with Crippen molar-refractivity contribution in [2.24, 2.45) is 7.05 Å². The van der Waals surface area contributed by atoms with Crippen molar-refractivity contribution < 1.29 is 4.42 Å². The largest absolute Gasteiger partial charge is 0.423 e. The summed E-state index contributed by atoms with van der Waals surface area (Å²) in [6.45, 7) is 6.12. The van der Waals surface area contributed by atoms with E-state index in [2.05, 4.69) is 4.98 Å². The second-order valence-electron chi connectivity index (χ2n) is 5.83. The Labute approximate surface area is 110 Å². The van der Waals surface area contributed by atoms with Gasteiger partial charge in [0, 0.05) is 23.2 Å². The number of rotatable bonds is 0. The van der Waals surface area contributed by atoms with Crippen LogP contribution in [0.1, 0.15) is 26.7 Å². The minimum absolute atomic E-state index is 0.0558. The Morgan fingerprint density at radius 1 is 1.16 bits per heavy atom. The molecule has 4 nitrogen and oxygen atoms in total. The fraction of sp³-hybridized carbons (Fsp3) is 0.333. The average molecular weight is 256 g/mol. The predicted octanol–water partition coefficient (Wildman–Crippen LogP) is 2.98. The summed E-state index contributed by atoms with van der Waals surface area (Å²) in [6.07, 6.45) is 0. The Hall–Kier alpha value is -2.10. The first-order valence-corrected chi connectivity index (χ1v) is 6.28. The van der Waals surface area contributed by atoms with E-state index in [1.54, 1.807) is 7.05 Å². The molecule has 0 aliphatic carbocycles. The van der Waals surface area contributed by atoms with Crippen molar-refractivity contribution in [3.63, 3.8) is 0 Å². The number of aromatic nitrogens is 2. The Morgan fingerprint density at radius 3 is 2.42 bits per heavy atom. The van der Waals surface area contributed by atoms with Crippen molar-refractivity contribution in [1.82, 2.24) is 9.55 Å². The third-order valence-corrected chi connectivity index (χ3v) is 3.27. The van der Waals surface area contributed by atoms with Crippen molar-refractivity contribution in [1.29, 1.82) is 0 Å². The van der Waals surface area contributed by atoms with Crippen LogP contribution in [0.2, 0.25) is 0 Å². The standard InChI is InChI=1S/C15H16N2O2/c1-15(2,3)14-16-11-9-7-5-6-8-10(9)12(18)17(4)13(11)19-14/h5-8H,1-4H3. The molecule has 3 rings (SSSR count). The predicted molar refractivity (Wildman–Crippen MR) is 75.5 cm³/mol. The fourth-order valence-corrected chi connectivity index (χ4v) is 2.18. The Kier molecular flexibility index (Phi) is 2.33. The van der Waals surface area contributed by atoms with Gasteiger partial charge in [0.15, 0.2) is 0 Å². The number of aryl methyl sites for hydroxylation is 1. The first-order valence-electron chi connectivity index (χ1n) is 6.28. The molecule has 0 bridgehead atoms. The van der Waals surface area contributed by atoms with Gasteiger partial charge in [0.1, 0.15) is 5.52 Å². The molecule has 0 atom stereocenters. The maximum absolute atomic E-state index is 12.3. The van der Waals surface area contributed by atoms with Crippen LogP contribution in [0.3, 0.4) is 0 Å². The van der Waals surface area contributed by atoms with Crippen LogP contribution >= 0.6 is 0 Å². The second-order valence-corrected chi connectivity index (χ2v) is 5.83. The van der Waals surface area contributed by atoms with Crippen LogP contribution in [-0.4, -0.2) is 9.55 Å². The molecule has 19 heavy (non-hydrogen) atoms. The summed E-state index contributed by atoms with van der Waals surface area (Å²) in [7, 11) is 1.72. The molecule has 0 radical (unpaired) electrons. The lowest BCUT2D eigenvalue weighted by molar-refractivity contribution is 0.402. The molecule has 0 unspecified atom stereocenters. The van der Waals surface area contributed by atoms with Gasteiger partial charge in [-0.3, -0.25) is 9.36 Å². The molecule has 0 fully saturated rings. The highest BCUT2D eigenvalue weighted by Gasteiger charge is 2.23. The second kappa shape index (κ2) is 3.70. The Morgan fingerprint density at radius 2 is 1.79 bits per heavy atom. The summed E-state index contributed by atoms with van der Waals surface area (Å²) in [5, 5.41) is 1.52. The third-order valence-electron chi connectivity index (χ3n) is 3.27. The van der Waals surface area contributed by atoms with Gasteiger partial charge >= 0.3 is 0 Å². The SMILES string of the molecule is Cn1c(=O)c2ccccc2c2nc(C(C)(C)C)oc21. The van der Waals surface area contributed by atoms with E-state index in [9.17, 15) is 4.79 Å². The average Bonchev–Trinajstić information content (AvgIpc) is 2.81. The summed E-state index contributed by atoms with van der Waals surface area (Å²) in [5.74, 6) is 0.647. The lowest BCUT2D eigenvalue weighted by atomic mass is 9.97. The van der Waals surface area contributed by atoms with Gasteiger partial charge in [-0.2, -0.15) is 0 Å². The van der Waals surface area contributed by atoms with Crippen molar-refractivity contribution in [3.8, 4) is 0 Å². The Balaban J connectivity index is 2.55. The number of fused-ring (bicyclic) bond motifs is 3. The molecule has 0 spiro atoms. The van der Waals surface area contributed by atoms with Crippen LogP contribution in [0.15, 0.2) is 33.5 Å². The maximum Gasteiger partial charge on any atom is 0.261 e. The molecule has 2 heterocycles. The zero-order valence-corrected chi connectivity index (χ0v) is 11.5. The van der Waals surface area contributed by atoms with E-state index in [-0.39, 0.29) is 11.0 Å². The number of hydrogen-bond donors (Lipinski definition) is 0. The van der Waals surface area contributed by atoms with E-state index in [0.29, 0.717) is 17.0 Å². The van der Waals surface area contributed by atoms with Gasteiger partial charge in [0.05, 0.1) is 0 Å².